The summed E-state index contributed by atoms with van der Waals surface area (Å²) in [5, 5.41) is 15.1. The Kier molecular flexibility index (Phi) is 7.92. The maximum absolute atomic E-state index is 13.7. The zero-order valence-electron chi connectivity index (χ0n) is 21.0. The number of nitrogens with one attached hydrogen (secondary N) is 2. The molecule has 11 nitrogen and oxygen atoms in total. The van der Waals surface area contributed by atoms with Crippen LogP contribution in [0.2, 0.25) is 0 Å². The average Bonchev–Trinajstić information content (AvgIpc) is 3.32. The lowest BCUT2D eigenvalue weighted by atomic mass is 10.2. The van der Waals surface area contributed by atoms with E-state index in [2.05, 4.69) is 25.6 Å². The van der Waals surface area contributed by atoms with Crippen molar-refractivity contribution >= 4 is 39.2 Å². The molecule has 15 heteroatoms. The SMILES string of the molecule is CN(c1ncccc1CNc1nc(Nc2cccc(C(=O)N3CC[C@@H](O)C3)c2)ncc1C(F)(F)F)S(C)(=O)=O. The van der Waals surface area contributed by atoms with Crippen molar-refractivity contribution < 1.29 is 31.5 Å². The van der Waals surface area contributed by atoms with E-state index in [0.717, 1.165) is 10.6 Å². The molecule has 1 aromatic carbocycles. The van der Waals surface area contributed by atoms with Gasteiger partial charge in [0.25, 0.3) is 5.91 Å². The maximum atomic E-state index is 13.7. The van der Waals surface area contributed by atoms with E-state index in [-0.39, 0.29) is 30.8 Å². The minimum absolute atomic E-state index is 0.0560. The number of hydrogen-bond donors (Lipinski definition) is 3. The number of sulfonamides is 1. The zero-order chi connectivity index (χ0) is 28.4. The molecule has 2 aromatic heterocycles. The summed E-state index contributed by atoms with van der Waals surface area (Å²) in [5.41, 5.74) is -0.0921. The third-order valence-corrected chi connectivity index (χ3v) is 7.19. The molecule has 39 heavy (non-hydrogen) atoms. The molecule has 3 aromatic rings. The second kappa shape index (κ2) is 11.0. The first-order chi connectivity index (χ1) is 18.3. The number of amides is 1. The van der Waals surface area contributed by atoms with E-state index in [0.29, 0.717) is 36.0 Å². The fourth-order valence-electron chi connectivity index (χ4n) is 3.94. The van der Waals surface area contributed by atoms with E-state index in [9.17, 15) is 31.5 Å². The smallest absolute Gasteiger partial charge is 0.391 e. The number of likely N-dealkylation sites (tertiary alicyclic amines) is 1. The van der Waals surface area contributed by atoms with E-state index >= 15 is 0 Å². The Morgan fingerprint density at radius 1 is 1.23 bits per heavy atom. The van der Waals surface area contributed by atoms with Crippen molar-refractivity contribution in [3.63, 3.8) is 0 Å². The van der Waals surface area contributed by atoms with Gasteiger partial charge in [0, 0.05) is 55.9 Å². The van der Waals surface area contributed by atoms with Gasteiger partial charge in [-0.3, -0.25) is 9.10 Å². The number of carbonyl (C=O) groups excluding carboxylic acids is 1. The molecule has 208 valence electrons. The standard InChI is InChI=1S/C24H26F3N7O4S/c1-33(39(2,37)38)21-16(6-4-9-28-21)12-29-20-19(24(25,26)27)13-30-23(32-20)31-17-7-3-5-15(11-17)22(36)34-10-8-18(35)14-34/h3-7,9,11,13,18,35H,8,10,12,14H2,1-2H3,(H2,29,30,31,32)/t18-/m1/s1. The van der Waals surface area contributed by atoms with E-state index in [1.165, 1.54) is 36.3 Å². The number of anilines is 4. The quantitative estimate of drug-likeness (QED) is 0.376. The summed E-state index contributed by atoms with van der Waals surface area (Å²) in [6, 6.07) is 9.39. The lowest BCUT2D eigenvalue weighted by Gasteiger charge is -2.20. The summed E-state index contributed by atoms with van der Waals surface area (Å²) >= 11 is 0. The van der Waals surface area contributed by atoms with Gasteiger partial charge in [0.15, 0.2) is 0 Å². The lowest BCUT2D eigenvalue weighted by Crippen LogP contribution is -2.29. The topological polar surface area (TPSA) is 141 Å². The summed E-state index contributed by atoms with van der Waals surface area (Å²) in [4.78, 5) is 26.1. The van der Waals surface area contributed by atoms with Crippen molar-refractivity contribution in [2.24, 2.45) is 0 Å². The molecule has 0 radical (unpaired) electrons. The van der Waals surface area contributed by atoms with Crippen LogP contribution in [0.5, 0.6) is 0 Å². The van der Waals surface area contributed by atoms with Crippen LogP contribution in [0.1, 0.15) is 27.9 Å². The number of halogens is 3. The Labute approximate surface area is 222 Å². The second-order valence-corrected chi connectivity index (χ2v) is 10.9. The van der Waals surface area contributed by atoms with Gasteiger partial charge in [-0.05, 0) is 30.7 Å². The molecule has 1 saturated heterocycles. The van der Waals surface area contributed by atoms with E-state index < -0.39 is 33.7 Å². The number of alkyl halides is 3. The molecule has 1 aliphatic heterocycles. The molecule has 3 heterocycles. The fourth-order valence-corrected chi connectivity index (χ4v) is 4.42. The van der Waals surface area contributed by atoms with Gasteiger partial charge in [0.1, 0.15) is 17.2 Å². The monoisotopic (exact) mass is 565 g/mol. The highest BCUT2D eigenvalue weighted by molar-refractivity contribution is 7.92. The van der Waals surface area contributed by atoms with Gasteiger partial charge in [-0.2, -0.15) is 18.2 Å². The molecule has 0 unspecified atom stereocenters. The third kappa shape index (κ3) is 6.72. The van der Waals surface area contributed by atoms with E-state index in [1.54, 1.807) is 18.2 Å². The van der Waals surface area contributed by atoms with Crippen LogP contribution in [0.4, 0.5) is 36.4 Å². The summed E-state index contributed by atoms with van der Waals surface area (Å²) in [5.74, 6) is -0.917. The number of rotatable bonds is 8. The average molecular weight is 566 g/mol. The molecule has 0 aliphatic carbocycles. The van der Waals surface area contributed by atoms with Crippen LogP contribution in [0, 0.1) is 0 Å². The zero-order valence-corrected chi connectivity index (χ0v) is 21.8. The van der Waals surface area contributed by atoms with Crippen LogP contribution in [0.3, 0.4) is 0 Å². The molecule has 4 rings (SSSR count). The highest BCUT2D eigenvalue weighted by Gasteiger charge is 2.35. The van der Waals surface area contributed by atoms with Gasteiger partial charge in [0.05, 0.1) is 12.4 Å². The van der Waals surface area contributed by atoms with Crippen molar-refractivity contribution in [1.82, 2.24) is 19.9 Å². The van der Waals surface area contributed by atoms with Gasteiger partial charge < -0.3 is 20.6 Å². The Morgan fingerprint density at radius 3 is 2.67 bits per heavy atom. The normalized spacial score (nSPS) is 15.7. The number of β-amino-alcohol motifs (C(OH)–C–C–N with tert-alkyl or cyclic N) is 1. The number of carbonyl (C=O) groups is 1. The van der Waals surface area contributed by atoms with Crippen LogP contribution in [0.25, 0.3) is 0 Å². The molecular weight excluding hydrogens is 539 g/mol. The van der Waals surface area contributed by atoms with Gasteiger partial charge in [-0.15, -0.1) is 0 Å². The van der Waals surface area contributed by atoms with Crippen molar-refractivity contribution in [1.29, 1.82) is 0 Å². The number of pyridine rings is 1. The number of benzene rings is 1. The van der Waals surface area contributed by atoms with Crippen LogP contribution >= 0.6 is 0 Å². The van der Waals surface area contributed by atoms with Gasteiger partial charge >= 0.3 is 6.18 Å². The predicted molar refractivity (Wildman–Crippen MR) is 138 cm³/mol. The van der Waals surface area contributed by atoms with Crippen LogP contribution < -0.4 is 14.9 Å². The van der Waals surface area contributed by atoms with Crippen LogP contribution in [-0.2, 0) is 22.7 Å². The largest absolute Gasteiger partial charge is 0.421 e. The summed E-state index contributed by atoms with van der Waals surface area (Å²) in [6.07, 6.45) is -1.86. The number of nitrogens with zero attached hydrogens (tertiary/aromatic N) is 5. The maximum Gasteiger partial charge on any atom is 0.421 e. The molecule has 1 atom stereocenters. The molecule has 1 fully saturated rings. The minimum Gasteiger partial charge on any atom is -0.391 e. The van der Waals surface area contributed by atoms with Crippen molar-refractivity contribution in [2.75, 3.05) is 41.3 Å². The molecule has 0 saturated carbocycles. The Bertz CT molecular complexity index is 1470. The van der Waals surface area contributed by atoms with E-state index in [1.807, 2.05) is 0 Å². The first-order valence-corrected chi connectivity index (χ1v) is 13.6. The number of aliphatic hydroxyl groups is 1. The van der Waals surface area contributed by atoms with Gasteiger partial charge in [-0.1, -0.05) is 12.1 Å². The van der Waals surface area contributed by atoms with Crippen LogP contribution in [-0.4, -0.2) is 71.8 Å². The van der Waals surface area contributed by atoms with Crippen molar-refractivity contribution in [3.05, 3.63) is 65.5 Å². The highest BCUT2D eigenvalue weighted by atomic mass is 32.2. The molecule has 0 spiro atoms. The Morgan fingerprint density at radius 2 is 2.00 bits per heavy atom. The fraction of sp³-hybridized carbons (Fsp3) is 0.333. The molecule has 1 aliphatic rings. The predicted octanol–water partition coefficient (Wildman–Crippen LogP) is 2.85. The van der Waals surface area contributed by atoms with E-state index in [4.69, 9.17) is 0 Å². The summed E-state index contributed by atoms with van der Waals surface area (Å²) in [6.45, 7) is 0.438. The molecular formula is C24H26F3N7O4S. The van der Waals surface area contributed by atoms with Crippen molar-refractivity contribution in [2.45, 2.75) is 25.2 Å². The first kappa shape index (κ1) is 28.0. The Balaban J connectivity index is 1.58. The first-order valence-electron chi connectivity index (χ1n) is 11.7. The molecule has 1 amide bonds. The minimum atomic E-state index is -4.77. The highest BCUT2D eigenvalue weighted by Crippen LogP contribution is 2.34. The van der Waals surface area contributed by atoms with Crippen LogP contribution in [0.15, 0.2) is 48.8 Å². The number of aliphatic hydroxyl groups excluding tert-OH is 1. The lowest BCUT2D eigenvalue weighted by molar-refractivity contribution is -0.137. The second-order valence-electron chi connectivity index (χ2n) is 8.92. The summed E-state index contributed by atoms with van der Waals surface area (Å²) < 4.78 is 66.0. The van der Waals surface area contributed by atoms with Crippen molar-refractivity contribution in [3.8, 4) is 0 Å². The third-order valence-electron chi connectivity index (χ3n) is 6.02. The molecule has 3 N–H and O–H groups in total. The summed E-state index contributed by atoms with van der Waals surface area (Å²) in [7, 11) is -2.37. The number of hydrogen-bond acceptors (Lipinski definition) is 9. The van der Waals surface area contributed by atoms with Gasteiger partial charge in [-0.25, -0.2) is 18.4 Å². The van der Waals surface area contributed by atoms with Gasteiger partial charge in [0.2, 0.25) is 16.0 Å². The number of aromatic nitrogens is 3. The molecule has 0 bridgehead atoms. The Hall–Kier alpha value is -3.98.